The average Bonchev–Trinajstić information content (AvgIpc) is 2.37. The lowest BCUT2D eigenvalue weighted by atomic mass is 10.1. The van der Waals surface area contributed by atoms with Crippen LogP contribution in [0.15, 0.2) is 29.2 Å². The van der Waals surface area contributed by atoms with Crippen LogP contribution in [0.2, 0.25) is 0 Å². The van der Waals surface area contributed by atoms with E-state index >= 15 is 0 Å². The molecule has 1 rings (SSSR count). The third-order valence-electron chi connectivity index (χ3n) is 2.98. The van der Waals surface area contributed by atoms with Crippen molar-refractivity contribution in [1.29, 1.82) is 0 Å². The summed E-state index contributed by atoms with van der Waals surface area (Å²) in [6, 6.07) is 6.85. The molecule has 0 saturated heterocycles. The Morgan fingerprint density at radius 3 is 2.53 bits per heavy atom. The Morgan fingerprint density at radius 2 is 1.89 bits per heavy atom. The fourth-order valence-corrected chi connectivity index (χ4v) is 3.22. The maximum atomic E-state index is 12.1. The SMILES string of the molecule is CC(C)CCCCNS(=O)(=O)c1ccccc1CN. The van der Waals surface area contributed by atoms with E-state index in [1.807, 2.05) is 0 Å². The van der Waals surface area contributed by atoms with Crippen LogP contribution in [-0.2, 0) is 16.6 Å². The summed E-state index contributed by atoms with van der Waals surface area (Å²) in [6.45, 7) is 5.04. The lowest BCUT2D eigenvalue weighted by Crippen LogP contribution is -2.26. The zero-order valence-electron chi connectivity index (χ0n) is 11.7. The highest BCUT2D eigenvalue weighted by atomic mass is 32.2. The van der Waals surface area contributed by atoms with Crippen LogP contribution in [0.25, 0.3) is 0 Å². The van der Waals surface area contributed by atoms with Gasteiger partial charge in [-0.25, -0.2) is 13.1 Å². The van der Waals surface area contributed by atoms with Gasteiger partial charge in [0.05, 0.1) is 4.90 Å². The number of hydrogen-bond donors (Lipinski definition) is 2. The van der Waals surface area contributed by atoms with Crippen molar-refractivity contribution >= 4 is 10.0 Å². The maximum Gasteiger partial charge on any atom is 0.240 e. The van der Waals surface area contributed by atoms with Gasteiger partial charge in [0.2, 0.25) is 10.0 Å². The van der Waals surface area contributed by atoms with Crippen LogP contribution in [0.5, 0.6) is 0 Å². The zero-order valence-corrected chi connectivity index (χ0v) is 12.5. The van der Waals surface area contributed by atoms with Gasteiger partial charge in [-0.15, -0.1) is 0 Å². The Balaban J connectivity index is 2.56. The van der Waals surface area contributed by atoms with Gasteiger partial charge in [0.15, 0.2) is 0 Å². The average molecular weight is 284 g/mol. The predicted molar refractivity (Wildman–Crippen MR) is 78.2 cm³/mol. The molecule has 0 aliphatic carbocycles. The van der Waals surface area contributed by atoms with Crippen molar-refractivity contribution in [2.75, 3.05) is 6.54 Å². The molecule has 1 aromatic carbocycles. The maximum absolute atomic E-state index is 12.1. The van der Waals surface area contributed by atoms with Gasteiger partial charge < -0.3 is 5.73 Å². The van der Waals surface area contributed by atoms with Crippen molar-refractivity contribution in [3.8, 4) is 0 Å². The van der Waals surface area contributed by atoms with Crippen molar-refractivity contribution in [2.24, 2.45) is 11.7 Å². The van der Waals surface area contributed by atoms with Crippen molar-refractivity contribution in [3.05, 3.63) is 29.8 Å². The molecule has 0 atom stereocenters. The summed E-state index contributed by atoms with van der Waals surface area (Å²) in [6.07, 6.45) is 3.03. The number of sulfonamides is 1. The van der Waals surface area contributed by atoms with Crippen molar-refractivity contribution in [2.45, 2.75) is 44.6 Å². The summed E-state index contributed by atoms with van der Waals surface area (Å²) in [5.41, 5.74) is 6.21. The number of hydrogen-bond acceptors (Lipinski definition) is 3. The van der Waals surface area contributed by atoms with Gasteiger partial charge in [-0.2, -0.15) is 0 Å². The Kier molecular flexibility index (Phi) is 6.48. The standard InChI is InChI=1S/C14H24N2O2S/c1-12(2)7-5-6-10-16-19(17,18)14-9-4-3-8-13(14)11-15/h3-4,8-9,12,16H,5-7,10-11,15H2,1-2H3. The molecule has 0 spiro atoms. The summed E-state index contributed by atoms with van der Waals surface area (Å²) >= 11 is 0. The molecule has 0 amide bonds. The van der Waals surface area contributed by atoms with E-state index in [9.17, 15) is 8.42 Å². The van der Waals surface area contributed by atoms with Crippen LogP contribution in [-0.4, -0.2) is 15.0 Å². The minimum absolute atomic E-state index is 0.227. The normalized spacial score (nSPS) is 12.0. The van der Waals surface area contributed by atoms with Crippen LogP contribution < -0.4 is 10.5 Å². The minimum atomic E-state index is -3.43. The lowest BCUT2D eigenvalue weighted by Gasteiger charge is -2.10. The monoisotopic (exact) mass is 284 g/mol. The van der Waals surface area contributed by atoms with Crippen LogP contribution in [0.3, 0.4) is 0 Å². The van der Waals surface area contributed by atoms with Crippen LogP contribution in [0, 0.1) is 5.92 Å². The van der Waals surface area contributed by atoms with Gasteiger partial charge in [0, 0.05) is 13.1 Å². The Hall–Kier alpha value is -0.910. The van der Waals surface area contributed by atoms with E-state index < -0.39 is 10.0 Å². The Bertz CT molecular complexity index is 484. The molecule has 0 aliphatic heterocycles. The fourth-order valence-electron chi connectivity index (χ4n) is 1.90. The molecule has 19 heavy (non-hydrogen) atoms. The molecule has 3 N–H and O–H groups in total. The summed E-state index contributed by atoms with van der Waals surface area (Å²) in [5, 5.41) is 0. The minimum Gasteiger partial charge on any atom is -0.326 e. The van der Waals surface area contributed by atoms with Crippen LogP contribution in [0.4, 0.5) is 0 Å². The van der Waals surface area contributed by atoms with Crippen molar-refractivity contribution in [3.63, 3.8) is 0 Å². The first kappa shape index (κ1) is 16.1. The Morgan fingerprint density at radius 1 is 1.21 bits per heavy atom. The molecule has 1 aromatic rings. The van der Waals surface area contributed by atoms with Gasteiger partial charge in [-0.3, -0.25) is 0 Å². The molecule has 0 bridgehead atoms. The first-order valence-electron chi connectivity index (χ1n) is 6.75. The van der Waals surface area contributed by atoms with Crippen molar-refractivity contribution < 1.29 is 8.42 Å². The number of benzene rings is 1. The van der Waals surface area contributed by atoms with Crippen LogP contribution >= 0.6 is 0 Å². The number of unbranched alkanes of at least 4 members (excludes halogenated alkanes) is 1. The molecule has 5 heteroatoms. The molecule has 0 fully saturated rings. The predicted octanol–water partition coefficient (Wildman–Crippen LogP) is 2.25. The van der Waals surface area contributed by atoms with Gasteiger partial charge in [-0.1, -0.05) is 44.9 Å². The molecule has 0 unspecified atom stereocenters. The number of nitrogens with two attached hydrogens (primary N) is 1. The smallest absolute Gasteiger partial charge is 0.240 e. The zero-order chi connectivity index (χ0) is 14.3. The van der Waals surface area contributed by atoms with Crippen LogP contribution in [0.1, 0.15) is 38.7 Å². The molecule has 0 aliphatic rings. The fraction of sp³-hybridized carbons (Fsp3) is 0.571. The van der Waals surface area contributed by atoms with Gasteiger partial charge >= 0.3 is 0 Å². The topological polar surface area (TPSA) is 72.2 Å². The number of nitrogens with one attached hydrogen (secondary N) is 1. The quantitative estimate of drug-likeness (QED) is 0.719. The largest absolute Gasteiger partial charge is 0.326 e. The summed E-state index contributed by atoms with van der Waals surface area (Å²) in [5.74, 6) is 0.662. The third kappa shape index (κ3) is 5.30. The van der Waals surface area contributed by atoms with E-state index in [2.05, 4.69) is 18.6 Å². The first-order chi connectivity index (χ1) is 8.97. The molecule has 0 heterocycles. The molecular weight excluding hydrogens is 260 g/mol. The molecular formula is C14H24N2O2S. The van der Waals surface area contributed by atoms with Crippen molar-refractivity contribution in [1.82, 2.24) is 4.72 Å². The molecule has 4 nitrogen and oxygen atoms in total. The van der Waals surface area contributed by atoms with Gasteiger partial charge in [0.1, 0.15) is 0 Å². The second kappa shape index (κ2) is 7.62. The molecule has 0 radical (unpaired) electrons. The van der Waals surface area contributed by atoms with E-state index in [-0.39, 0.29) is 6.54 Å². The molecule has 108 valence electrons. The lowest BCUT2D eigenvalue weighted by molar-refractivity contribution is 0.530. The Labute approximate surface area is 116 Å². The van der Waals surface area contributed by atoms with E-state index in [0.29, 0.717) is 22.9 Å². The summed E-state index contributed by atoms with van der Waals surface area (Å²) < 4.78 is 26.9. The van der Waals surface area contributed by atoms with E-state index in [0.717, 1.165) is 19.3 Å². The molecule has 0 aromatic heterocycles. The summed E-state index contributed by atoms with van der Waals surface area (Å²) in [4.78, 5) is 0.293. The molecule has 0 saturated carbocycles. The summed E-state index contributed by atoms with van der Waals surface area (Å²) in [7, 11) is -3.43. The highest BCUT2D eigenvalue weighted by Gasteiger charge is 2.16. The third-order valence-corrected chi connectivity index (χ3v) is 4.54. The second-order valence-electron chi connectivity index (χ2n) is 5.10. The van der Waals surface area contributed by atoms with E-state index in [4.69, 9.17) is 5.73 Å². The van der Waals surface area contributed by atoms with E-state index in [1.165, 1.54) is 0 Å². The highest BCUT2D eigenvalue weighted by molar-refractivity contribution is 7.89. The van der Waals surface area contributed by atoms with E-state index in [1.54, 1.807) is 24.3 Å². The van der Waals surface area contributed by atoms with Gasteiger partial charge in [-0.05, 0) is 24.0 Å². The highest BCUT2D eigenvalue weighted by Crippen LogP contribution is 2.14. The number of rotatable bonds is 8. The second-order valence-corrected chi connectivity index (χ2v) is 6.83. The van der Waals surface area contributed by atoms with Gasteiger partial charge in [0.25, 0.3) is 0 Å². The first-order valence-corrected chi connectivity index (χ1v) is 8.23.